The van der Waals surface area contributed by atoms with E-state index in [1.807, 2.05) is 12.1 Å². The molecule has 0 spiro atoms. The first-order valence-corrected chi connectivity index (χ1v) is 11.7. The van der Waals surface area contributed by atoms with Crippen LogP contribution in [-0.2, 0) is 14.8 Å². The van der Waals surface area contributed by atoms with Gasteiger partial charge in [0.1, 0.15) is 5.82 Å². The van der Waals surface area contributed by atoms with Crippen LogP contribution in [0.25, 0.3) is 0 Å². The van der Waals surface area contributed by atoms with Crippen LogP contribution in [0.5, 0.6) is 0 Å². The Balaban J connectivity index is 1.41. The molecule has 0 unspecified atom stereocenters. The number of carbonyl (C=O) groups excluding carboxylic acids is 1. The number of fused-ring (bicyclic) bond motifs is 2. The Morgan fingerprint density at radius 1 is 1.00 bits per heavy atom. The van der Waals surface area contributed by atoms with Crippen LogP contribution >= 0.6 is 0 Å². The maximum absolute atomic E-state index is 13.2. The van der Waals surface area contributed by atoms with E-state index in [2.05, 4.69) is 4.90 Å². The van der Waals surface area contributed by atoms with Gasteiger partial charge in [-0.2, -0.15) is 0 Å². The summed E-state index contributed by atoms with van der Waals surface area (Å²) in [7, 11) is -3.17. The molecule has 27 heavy (non-hydrogen) atoms. The zero-order valence-electron chi connectivity index (χ0n) is 15.7. The smallest absolute Gasteiger partial charge is 0.226 e. The fourth-order valence-corrected chi connectivity index (χ4v) is 6.06. The van der Waals surface area contributed by atoms with Crippen LogP contribution in [0.1, 0.15) is 50.0 Å². The lowest BCUT2D eigenvalue weighted by Gasteiger charge is -2.42. The number of rotatable bonds is 3. The molecule has 3 aliphatic rings. The first kappa shape index (κ1) is 18.9. The molecule has 7 heteroatoms. The van der Waals surface area contributed by atoms with Gasteiger partial charge in [-0.05, 0) is 62.1 Å². The van der Waals surface area contributed by atoms with Gasteiger partial charge in [0.25, 0.3) is 0 Å². The predicted octanol–water partition coefficient (Wildman–Crippen LogP) is 2.73. The van der Waals surface area contributed by atoms with Crippen LogP contribution in [0, 0.1) is 11.7 Å². The lowest BCUT2D eigenvalue weighted by molar-refractivity contribution is -0.141. The molecule has 3 fully saturated rings. The Hall–Kier alpha value is -1.47. The molecule has 0 aromatic heterocycles. The number of carbonyl (C=O) groups is 1. The van der Waals surface area contributed by atoms with Gasteiger partial charge < -0.3 is 4.90 Å². The molecule has 2 atom stereocenters. The second-order valence-corrected chi connectivity index (χ2v) is 10.3. The number of nitrogens with zero attached hydrogens (tertiary/aromatic N) is 2. The molecule has 148 valence electrons. The van der Waals surface area contributed by atoms with Crippen molar-refractivity contribution in [3.63, 3.8) is 0 Å². The fourth-order valence-electron chi connectivity index (χ4n) is 5.19. The topological polar surface area (TPSA) is 57.7 Å². The minimum Gasteiger partial charge on any atom is -0.336 e. The van der Waals surface area contributed by atoms with E-state index >= 15 is 0 Å². The number of hydrogen-bond donors (Lipinski definition) is 0. The average molecular weight is 395 g/mol. The number of sulfonamides is 1. The van der Waals surface area contributed by atoms with Crippen molar-refractivity contribution in [3.8, 4) is 0 Å². The third-order valence-electron chi connectivity index (χ3n) is 6.60. The third kappa shape index (κ3) is 3.76. The Morgan fingerprint density at radius 2 is 1.56 bits per heavy atom. The standard InChI is InChI=1S/C20H27FN2O3S/c1-27(25,26)22-10-8-15(9-11-22)20(24)23-18-6-7-19(23)13-16(12-18)14-2-4-17(21)5-3-14/h2-5,15-16,18-19H,6-13H2,1H3/t18-,19-/m0/s1. The summed E-state index contributed by atoms with van der Waals surface area (Å²) in [5, 5.41) is 0. The number of benzene rings is 1. The number of halogens is 1. The molecule has 4 rings (SSSR count). The summed E-state index contributed by atoms with van der Waals surface area (Å²) < 4.78 is 38.0. The molecule has 1 aromatic rings. The van der Waals surface area contributed by atoms with E-state index in [-0.39, 0.29) is 29.7 Å². The van der Waals surface area contributed by atoms with Crippen molar-refractivity contribution in [2.45, 2.75) is 56.5 Å². The van der Waals surface area contributed by atoms with Gasteiger partial charge in [-0.15, -0.1) is 0 Å². The largest absolute Gasteiger partial charge is 0.336 e. The number of amides is 1. The van der Waals surface area contributed by atoms with Gasteiger partial charge in [0.15, 0.2) is 0 Å². The van der Waals surface area contributed by atoms with Crippen LogP contribution in [0.3, 0.4) is 0 Å². The lowest BCUT2D eigenvalue weighted by Crippen LogP contribution is -2.50. The summed E-state index contributed by atoms with van der Waals surface area (Å²) in [6.45, 7) is 0.882. The predicted molar refractivity (Wildman–Crippen MR) is 101 cm³/mol. The van der Waals surface area contributed by atoms with Crippen molar-refractivity contribution < 1.29 is 17.6 Å². The third-order valence-corrected chi connectivity index (χ3v) is 7.90. The molecule has 1 aromatic carbocycles. The van der Waals surface area contributed by atoms with E-state index in [1.54, 1.807) is 0 Å². The van der Waals surface area contributed by atoms with Gasteiger partial charge in [-0.25, -0.2) is 17.1 Å². The molecule has 0 aliphatic carbocycles. The molecule has 0 saturated carbocycles. The zero-order chi connectivity index (χ0) is 19.2. The van der Waals surface area contributed by atoms with E-state index < -0.39 is 10.0 Å². The van der Waals surface area contributed by atoms with Crippen molar-refractivity contribution in [2.75, 3.05) is 19.3 Å². The summed E-state index contributed by atoms with van der Waals surface area (Å²) in [6, 6.07) is 7.31. The molecule has 3 aliphatic heterocycles. The van der Waals surface area contributed by atoms with Crippen LogP contribution in [-0.4, -0.2) is 55.0 Å². The van der Waals surface area contributed by atoms with Crippen LogP contribution < -0.4 is 0 Å². The fraction of sp³-hybridized carbons (Fsp3) is 0.650. The van der Waals surface area contributed by atoms with Crippen LogP contribution in [0.15, 0.2) is 24.3 Å². The molecule has 0 radical (unpaired) electrons. The normalized spacial score (nSPS) is 29.9. The SMILES string of the molecule is CS(=O)(=O)N1CCC(C(=O)N2[C@H]3CC[C@H]2CC(c2ccc(F)cc2)C3)CC1. The van der Waals surface area contributed by atoms with Gasteiger partial charge in [0, 0.05) is 31.1 Å². The van der Waals surface area contributed by atoms with E-state index in [0.717, 1.165) is 25.7 Å². The maximum Gasteiger partial charge on any atom is 0.226 e. The Kier molecular flexibility index (Phi) is 5.01. The van der Waals surface area contributed by atoms with Crippen molar-refractivity contribution in [1.29, 1.82) is 0 Å². The van der Waals surface area contributed by atoms with Crippen molar-refractivity contribution >= 4 is 15.9 Å². The van der Waals surface area contributed by atoms with Gasteiger partial charge >= 0.3 is 0 Å². The van der Waals surface area contributed by atoms with Gasteiger partial charge in [0.05, 0.1) is 6.26 Å². The van der Waals surface area contributed by atoms with Crippen molar-refractivity contribution in [3.05, 3.63) is 35.6 Å². The van der Waals surface area contributed by atoms with Crippen molar-refractivity contribution in [2.24, 2.45) is 5.92 Å². The van der Waals surface area contributed by atoms with E-state index in [4.69, 9.17) is 0 Å². The summed E-state index contributed by atoms with van der Waals surface area (Å²) in [6.07, 6.45) is 6.42. The second kappa shape index (κ2) is 7.17. The van der Waals surface area contributed by atoms with Gasteiger partial charge in [-0.1, -0.05) is 12.1 Å². The van der Waals surface area contributed by atoms with Crippen LogP contribution in [0.4, 0.5) is 4.39 Å². The molecule has 0 N–H and O–H groups in total. The molecular weight excluding hydrogens is 367 g/mol. The molecule has 3 heterocycles. The average Bonchev–Trinajstić information content (AvgIpc) is 2.90. The lowest BCUT2D eigenvalue weighted by atomic mass is 9.84. The van der Waals surface area contributed by atoms with Gasteiger partial charge in [-0.3, -0.25) is 4.79 Å². The first-order valence-electron chi connectivity index (χ1n) is 9.85. The molecular formula is C20H27FN2O3S. The quantitative estimate of drug-likeness (QED) is 0.792. The highest BCUT2D eigenvalue weighted by atomic mass is 32.2. The van der Waals surface area contributed by atoms with Crippen LogP contribution in [0.2, 0.25) is 0 Å². The number of hydrogen-bond acceptors (Lipinski definition) is 3. The minimum atomic E-state index is -3.17. The number of piperidine rings is 2. The molecule has 1 amide bonds. The van der Waals surface area contributed by atoms with E-state index in [0.29, 0.717) is 31.8 Å². The summed E-state index contributed by atoms with van der Waals surface area (Å²) in [5.41, 5.74) is 1.17. The zero-order valence-corrected chi connectivity index (χ0v) is 16.5. The Morgan fingerprint density at radius 3 is 2.07 bits per heavy atom. The van der Waals surface area contributed by atoms with E-state index in [9.17, 15) is 17.6 Å². The highest BCUT2D eigenvalue weighted by Gasteiger charge is 2.45. The maximum atomic E-state index is 13.2. The minimum absolute atomic E-state index is 0.0616. The molecule has 3 saturated heterocycles. The highest BCUT2D eigenvalue weighted by molar-refractivity contribution is 7.88. The monoisotopic (exact) mass is 394 g/mol. The first-order chi connectivity index (χ1) is 12.8. The van der Waals surface area contributed by atoms with Crippen molar-refractivity contribution in [1.82, 2.24) is 9.21 Å². The molecule has 2 bridgehead atoms. The van der Waals surface area contributed by atoms with E-state index in [1.165, 1.54) is 28.3 Å². The molecule has 5 nitrogen and oxygen atoms in total. The van der Waals surface area contributed by atoms with Gasteiger partial charge in [0.2, 0.25) is 15.9 Å². The Labute approximate surface area is 160 Å². The summed E-state index contributed by atoms with van der Waals surface area (Å²) in [4.78, 5) is 15.3. The summed E-state index contributed by atoms with van der Waals surface area (Å²) in [5.74, 6) is 0.329. The summed E-state index contributed by atoms with van der Waals surface area (Å²) >= 11 is 0. The Bertz CT molecular complexity index is 789. The second-order valence-electron chi connectivity index (χ2n) is 8.29. The highest BCUT2D eigenvalue weighted by Crippen LogP contribution is 2.44.